The minimum Gasteiger partial charge on any atom is -0.394 e. The van der Waals surface area contributed by atoms with E-state index in [4.69, 9.17) is 14.6 Å². The van der Waals surface area contributed by atoms with Crippen molar-refractivity contribution >= 4 is 7.85 Å². The predicted molar refractivity (Wildman–Crippen MR) is 46.5 cm³/mol. The van der Waals surface area contributed by atoms with Gasteiger partial charge in [0.25, 0.3) is 0 Å². The number of methoxy groups -OCH3 is 1. The molecule has 0 saturated carbocycles. The summed E-state index contributed by atoms with van der Waals surface area (Å²) in [5, 5.41) is 8.80. The van der Waals surface area contributed by atoms with Crippen LogP contribution >= 0.6 is 0 Å². The fraction of sp³-hybridized carbons (Fsp3) is 1.00. The Hall–Kier alpha value is -0.0551. The summed E-state index contributed by atoms with van der Waals surface area (Å²) < 4.78 is 10.3. The third-order valence-electron chi connectivity index (χ3n) is 1.56. The number of ether oxygens (including phenoxy) is 2. The summed E-state index contributed by atoms with van der Waals surface area (Å²) in [6.45, 7) is 2.53. The maximum absolute atomic E-state index is 8.80. The van der Waals surface area contributed by atoms with Crippen LogP contribution in [0.2, 0.25) is 0 Å². The molecule has 1 N–H and O–H groups in total. The van der Waals surface area contributed by atoms with Crippen LogP contribution in [0.4, 0.5) is 0 Å². The first kappa shape index (κ1) is 10.9. The zero-order valence-electron chi connectivity index (χ0n) is 7.54. The zero-order chi connectivity index (χ0) is 8.69. The molecule has 0 spiro atoms. The average molecular weight is 160 g/mol. The highest BCUT2D eigenvalue weighted by molar-refractivity contribution is 6.10. The summed E-state index contributed by atoms with van der Waals surface area (Å²) in [6.07, 6.45) is 0.787. The molecule has 2 atom stereocenters. The maximum Gasteiger partial charge on any atom is 0.139 e. The molecule has 0 aromatic rings. The van der Waals surface area contributed by atoms with Crippen LogP contribution < -0.4 is 0 Å². The Bertz CT molecular complexity index is 89.8. The highest BCUT2D eigenvalue weighted by Crippen LogP contribution is 1.99. The van der Waals surface area contributed by atoms with Crippen molar-refractivity contribution in [3.63, 3.8) is 0 Å². The Kier molecular flexibility index (Phi) is 6.61. The Morgan fingerprint density at radius 2 is 2.18 bits per heavy atom. The molecule has 0 unspecified atom stereocenters. The summed E-state index contributed by atoms with van der Waals surface area (Å²) in [7, 11) is 3.58. The minimum atomic E-state index is -0.171. The molecule has 0 aliphatic rings. The first-order chi connectivity index (χ1) is 5.24. The lowest BCUT2D eigenvalue weighted by atomic mass is 9.97. The van der Waals surface area contributed by atoms with E-state index in [0.29, 0.717) is 6.61 Å². The molecule has 0 aliphatic heterocycles. The van der Waals surface area contributed by atoms with Crippen LogP contribution in [-0.4, -0.2) is 45.4 Å². The lowest BCUT2D eigenvalue weighted by Gasteiger charge is -2.18. The molecular weight excluding hydrogens is 143 g/mol. The van der Waals surface area contributed by atoms with E-state index < -0.39 is 0 Å². The van der Waals surface area contributed by atoms with Crippen LogP contribution in [0.1, 0.15) is 13.3 Å². The lowest BCUT2D eigenvalue weighted by Crippen LogP contribution is -2.28. The van der Waals surface area contributed by atoms with E-state index in [9.17, 15) is 0 Å². The molecule has 0 radical (unpaired) electrons. The monoisotopic (exact) mass is 160 g/mol. The van der Waals surface area contributed by atoms with Gasteiger partial charge in [0, 0.05) is 13.1 Å². The quantitative estimate of drug-likeness (QED) is 0.526. The van der Waals surface area contributed by atoms with Crippen molar-refractivity contribution in [1.82, 2.24) is 0 Å². The van der Waals surface area contributed by atoms with Crippen LogP contribution in [0, 0.1) is 0 Å². The molecule has 0 aromatic heterocycles. The molecular formula is C7H17BO3. The van der Waals surface area contributed by atoms with Gasteiger partial charge in [-0.1, -0.05) is 6.92 Å². The third-order valence-corrected chi connectivity index (χ3v) is 1.56. The number of hydrogen-bond acceptors (Lipinski definition) is 3. The van der Waals surface area contributed by atoms with E-state index in [1.807, 2.05) is 14.8 Å². The van der Waals surface area contributed by atoms with Crippen LogP contribution in [-0.2, 0) is 9.47 Å². The smallest absolute Gasteiger partial charge is 0.139 e. The Morgan fingerprint density at radius 3 is 2.55 bits per heavy atom. The van der Waals surface area contributed by atoms with Crippen molar-refractivity contribution in [1.29, 1.82) is 0 Å². The van der Waals surface area contributed by atoms with Crippen molar-refractivity contribution in [2.45, 2.75) is 25.5 Å². The maximum atomic E-state index is 8.80. The van der Waals surface area contributed by atoms with Gasteiger partial charge in [-0.2, -0.15) is 0 Å². The molecule has 66 valence electrons. The summed E-state index contributed by atoms with van der Waals surface area (Å²) >= 11 is 0. The topological polar surface area (TPSA) is 38.7 Å². The van der Waals surface area contributed by atoms with Crippen LogP contribution in [0.15, 0.2) is 0 Å². The van der Waals surface area contributed by atoms with Gasteiger partial charge in [0.05, 0.1) is 13.2 Å². The second-order valence-corrected chi connectivity index (χ2v) is 2.61. The first-order valence-corrected chi connectivity index (χ1v) is 3.99. The van der Waals surface area contributed by atoms with E-state index >= 15 is 0 Å². The number of hydrogen-bond donors (Lipinski definition) is 1. The van der Waals surface area contributed by atoms with Crippen LogP contribution in [0.5, 0.6) is 0 Å². The Labute approximate surface area is 69.1 Å². The average Bonchev–Trinajstić information content (AvgIpc) is 2.03. The summed E-state index contributed by atoms with van der Waals surface area (Å²) in [6, 6.07) is 0.197. The number of rotatable bonds is 6. The number of aliphatic hydroxyl groups excluding tert-OH is 1. The van der Waals surface area contributed by atoms with Crippen molar-refractivity contribution < 1.29 is 14.6 Å². The molecule has 0 rings (SSSR count). The fourth-order valence-electron chi connectivity index (χ4n) is 0.746. The molecule has 4 heteroatoms. The predicted octanol–water partition coefficient (Wildman–Crippen LogP) is -0.621. The standard InChI is InChI=1S/C7H17BO3/c1-3-7(8)11-6(4-9)5-10-2/h6-7,9H,3-5,8H2,1-2H3/t6-,7-/m1/s1. The van der Waals surface area contributed by atoms with Gasteiger partial charge in [0.15, 0.2) is 0 Å². The van der Waals surface area contributed by atoms with Gasteiger partial charge in [-0.05, 0) is 6.42 Å². The molecule has 0 aromatic carbocycles. The normalized spacial score (nSPS) is 16.3. The molecule has 0 heterocycles. The van der Waals surface area contributed by atoms with Crippen LogP contribution in [0.3, 0.4) is 0 Å². The molecule has 11 heavy (non-hydrogen) atoms. The van der Waals surface area contributed by atoms with Gasteiger partial charge in [-0.25, -0.2) is 0 Å². The minimum absolute atomic E-state index is 0.0260. The molecule has 0 fully saturated rings. The Balaban J connectivity index is 3.49. The van der Waals surface area contributed by atoms with E-state index in [1.165, 1.54) is 0 Å². The van der Waals surface area contributed by atoms with Crippen molar-refractivity contribution in [3.05, 3.63) is 0 Å². The van der Waals surface area contributed by atoms with Gasteiger partial charge < -0.3 is 14.6 Å². The van der Waals surface area contributed by atoms with Crippen molar-refractivity contribution in [3.8, 4) is 0 Å². The van der Waals surface area contributed by atoms with E-state index in [0.717, 1.165) is 6.42 Å². The van der Waals surface area contributed by atoms with Gasteiger partial charge in [0.1, 0.15) is 14.0 Å². The van der Waals surface area contributed by atoms with Crippen LogP contribution in [0.25, 0.3) is 0 Å². The summed E-state index contributed by atoms with van der Waals surface area (Å²) in [5.41, 5.74) is 0. The van der Waals surface area contributed by atoms with Crippen molar-refractivity contribution in [2.24, 2.45) is 0 Å². The second-order valence-electron chi connectivity index (χ2n) is 2.61. The van der Waals surface area contributed by atoms with E-state index in [-0.39, 0.29) is 18.7 Å². The third kappa shape index (κ3) is 5.24. The highest BCUT2D eigenvalue weighted by Gasteiger charge is 2.10. The zero-order valence-corrected chi connectivity index (χ0v) is 7.54. The number of aliphatic hydroxyl groups is 1. The second kappa shape index (κ2) is 6.64. The van der Waals surface area contributed by atoms with Gasteiger partial charge >= 0.3 is 0 Å². The fourth-order valence-corrected chi connectivity index (χ4v) is 0.746. The molecule has 3 nitrogen and oxygen atoms in total. The molecule has 0 bridgehead atoms. The summed E-state index contributed by atoms with van der Waals surface area (Å²) in [4.78, 5) is 0. The summed E-state index contributed by atoms with van der Waals surface area (Å²) in [5.74, 6) is 0. The molecule has 0 saturated heterocycles. The van der Waals surface area contributed by atoms with E-state index in [2.05, 4.69) is 0 Å². The lowest BCUT2D eigenvalue weighted by molar-refractivity contribution is -0.0451. The molecule has 0 aliphatic carbocycles. The van der Waals surface area contributed by atoms with Gasteiger partial charge in [-0.3, -0.25) is 0 Å². The van der Waals surface area contributed by atoms with Crippen molar-refractivity contribution in [2.75, 3.05) is 20.3 Å². The Morgan fingerprint density at radius 1 is 1.55 bits per heavy atom. The highest BCUT2D eigenvalue weighted by atomic mass is 16.5. The molecule has 0 amide bonds. The van der Waals surface area contributed by atoms with Gasteiger partial charge in [-0.15, -0.1) is 0 Å². The van der Waals surface area contributed by atoms with Gasteiger partial charge in [0.2, 0.25) is 0 Å². The SMILES string of the molecule is B[C@@H](CC)O[C@H](CO)COC. The van der Waals surface area contributed by atoms with E-state index in [1.54, 1.807) is 7.11 Å². The largest absolute Gasteiger partial charge is 0.394 e. The first-order valence-electron chi connectivity index (χ1n) is 3.99.